The van der Waals surface area contributed by atoms with Gasteiger partial charge in [-0.3, -0.25) is 0 Å². The van der Waals surface area contributed by atoms with E-state index in [4.69, 9.17) is 17.3 Å². The van der Waals surface area contributed by atoms with E-state index in [9.17, 15) is 0 Å². The van der Waals surface area contributed by atoms with Gasteiger partial charge < -0.3 is 5.73 Å². The lowest BCUT2D eigenvalue weighted by Gasteiger charge is -2.09. The van der Waals surface area contributed by atoms with Gasteiger partial charge in [-0.25, -0.2) is 0 Å². The Balaban J connectivity index is 2.69. The molecule has 0 bridgehead atoms. The fraction of sp³-hybridized carbons (Fsp3) is 0.400. The first kappa shape index (κ1) is 9.56. The van der Waals surface area contributed by atoms with E-state index < -0.39 is 0 Å². The second-order valence-corrected chi connectivity index (χ2v) is 3.37. The van der Waals surface area contributed by atoms with E-state index in [1.807, 2.05) is 24.3 Å². The molecule has 0 fully saturated rings. The standard InChI is InChI=1S/C10H14ClN/c1-2-9(12)7-8-5-3-4-6-10(8)11/h3-6,9H,2,7,12H2,1H3. The molecule has 1 aromatic carbocycles. The van der Waals surface area contributed by atoms with Gasteiger partial charge in [-0.15, -0.1) is 0 Å². The Morgan fingerprint density at radius 2 is 2.08 bits per heavy atom. The number of nitrogens with two attached hydrogens (primary N) is 1. The lowest BCUT2D eigenvalue weighted by molar-refractivity contribution is 0.646. The predicted octanol–water partition coefficient (Wildman–Crippen LogP) is 2.62. The lowest BCUT2D eigenvalue weighted by atomic mass is 10.1. The molecule has 66 valence electrons. The van der Waals surface area contributed by atoms with Gasteiger partial charge in [-0.05, 0) is 24.5 Å². The Morgan fingerprint density at radius 1 is 1.42 bits per heavy atom. The molecule has 1 unspecified atom stereocenters. The van der Waals surface area contributed by atoms with Gasteiger partial charge in [-0.1, -0.05) is 36.7 Å². The van der Waals surface area contributed by atoms with Gasteiger partial charge in [0.25, 0.3) is 0 Å². The Labute approximate surface area is 78.5 Å². The molecule has 2 N–H and O–H groups in total. The molecule has 12 heavy (non-hydrogen) atoms. The molecular formula is C10H14ClN. The first-order chi connectivity index (χ1) is 5.74. The highest BCUT2D eigenvalue weighted by atomic mass is 35.5. The number of hydrogen-bond donors (Lipinski definition) is 1. The molecule has 0 saturated carbocycles. The molecule has 0 saturated heterocycles. The van der Waals surface area contributed by atoms with Crippen molar-refractivity contribution in [2.45, 2.75) is 25.8 Å². The third-order valence-electron chi connectivity index (χ3n) is 1.96. The third-order valence-corrected chi connectivity index (χ3v) is 2.33. The molecule has 1 atom stereocenters. The van der Waals surface area contributed by atoms with Gasteiger partial charge in [0.05, 0.1) is 0 Å². The number of halogens is 1. The van der Waals surface area contributed by atoms with Crippen molar-refractivity contribution < 1.29 is 0 Å². The van der Waals surface area contributed by atoms with Gasteiger partial charge in [0.1, 0.15) is 0 Å². The summed E-state index contributed by atoms with van der Waals surface area (Å²) < 4.78 is 0. The SMILES string of the molecule is CCC(N)Cc1ccccc1Cl. The molecule has 0 radical (unpaired) electrons. The summed E-state index contributed by atoms with van der Waals surface area (Å²) in [7, 11) is 0. The van der Waals surface area contributed by atoms with Gasteiger partial charge >= 0.3 is 0 Å². The first-order valence-corrected chi connectivity index (χ1v) is 4.60. The first-order valence-electron chi connectivity index (χ1n) is 4.23. The van der Waals surface area contributed by atoms with E-state index in [1.54, 1.807) is 0 Å². The maximum Gasteiger partial charge on any atom is 0.0438 e. The Kier molecular flexibility index (Phi) is 3.57. The van der Waals surface area contributed by atoms with Crippen LogP contribution in [0.1, 0.15) is 18.9 Å². The van der Waals surface area contributed by atoms with Crippen LogP contribution in [0.15, 0.2) is 24.3 Å². The topological polar surface area (TPSA) is 26.0 Å². The molecule has 0 spiro atoms. The summed E-state index contributed by atoms with van der Waals surface area (Å²) in [4.78, 5) is 0. The van der Waals surface area contributed by atoms with Crippen molar-refractivity contribution in [1.29, 1.82) is 0 Å². The molecule has 0 aliphatic heterocycles. The summed E-state index contributed by atoms with van der Waals surface area (Å²) >= 11 is 5.97. The quantitative estimate of drug-likeness (QED) is 0.766. The molecular weight excluding hydrogens is 170 g/mol. The van der Waals surface area contributed by atoms with Crippen molar-refractivity contribution in [2.75, 3.05) is 0 Å². The molecule has 0 amide bonds. The number of benzene rings is 1. The van der Waals surface area contributed by atoms with E-state index in [0.29, 0.717) is 0 Å². The molecule has 2 heteroatoms. The summed E-state index contributed by atoms with van der Waals surface area (Å²) in [6.45, 7) is 2.08. The average Bonchev–Trinajstić information content (AvgIpc) is 2.09. The van der Waals surface area contributed by atoms with E-state index in [-0.39, 0.29) is 6.04 Å². The van der Waals surface area contributed by atoms with Crippen LogP contribution in [0.3, 0.4) is 0 Å². The molecule has 0 aliphatic carbocycles. The molecule has 0 aromatic heterocycles. The minimum Gasteiger partial charge on any atom is -0.327 e. The Bertz CT molecular complexity index is 247. The lowest BCUT2D eigenvalue weighted by Crippen LogP contribution is -2.21. The summed E-state index contributed by atoms with van der Waals surface area (Å²) in [6, 6.07) is 8.08. The van der Waals surface area contributed by atoms with E-state index in [1.165, 1.54) is 0 Å². The van der Waals surface area contributed by atoms with Gasteiger partial charge in [0.2, 0.25) is 0 Å². The predicted molar refractivity (Wildman–Crippen MR) is 53.4 cm³/mol. The monoisotopic (exact) mass is 183 g/mol. The van der Waals surface area contributed by atoms with Crippen LogP contribution in [0.2, 0.25) is 5.02 Å². The van der Waals surface area contributed by atoms with Crippen LogP contribution in [0.5, 0.6) is 0 Å². The molecule has 1 nitrogen and oxygen atoms in total. The minimum absolute atomic E-state index is 0.227. The highest BCUT2D eigenvalue weighted by Gasteiger charge is 2.03. The summed E-state index contributed by atoms with van der Waals surface area (Å²) in [5, 5.41) is 0.821. The van der Waals surface area contributed by atoms with Crippen LogP contribution in [-0.2, 0) is 6.42 Å². The molecule has 1 aromatic rings. The average molecular weight is 184 g/mol. The zero-order valence-corrected chi connectivity index (χ0v) is 8.01. The van der Waals surface area contributed by atoms with E-state index in [2.05, 4.69) is 6.92 Å². The zero-order chi connectivity index (χ0) is 8.97. The second kappa shape index (κ2) is 4.48. The minimum atomic E-state index is 0.227. The van der Waals surface area contributed by atoms with Crippen molar-refractivity contribution in [3.05, 3.63) is 34.9 Å². The van der Waals surface area contributed by atoms with Crippen molar-refractivity contribution in [3.8, 4) is 0 Å². The van der Waals surface area contributed by atoms with Crippen molar-refractivity contribution in [3.63, 3.8) is 0 Å². The van der Waals surface area contributed by atoms with Crippen LogP contribution < -0.4 is 5.73 Å². The fourth-order valence-electron chi connectivity index (χ4n) is 1.09. The normalized spacial score (nSPS) is 12.9. The van der Waals surface area contributed by atoms with Crippen LogP contribution in [-0.4, -0.2) is 6.04 Å². The van der Waals surface area contributed by atoms with Gasteiger partial charge in [0, 0.05) is 11.1 Å². The Morgan fingerprint density at radius 3 is 2.67 bits per heavy atom. The molecule has 0 heterocycles. The van der Waals surface area contributed by atoms with Crippen LogP contribution in [0.25, 0.3) is 0 Å². The maximum atomic E-state index is 5.97. The maximum absolute atomic E-state index is 5.97. The summed E-state index contributed by atoms with van der Waals surface area (Å²) in [6.07, 6.45) is 1.86. The van der Waals surface area contributed by atoms with Crippen molar-refractivity contribution in [2.24, 2.45) is 5.73 Å². The van der Waals surface area contributed by atoms with Crippen LogP contribution in [0, 0.1) is 0 Å². The third kappa shape index (κ3) is 2.50. The summed E-state index contributed by atoms with van der Waals surface area (Å²) in [5.41, 5.74) is 6.96. The highest BCUT2D eigenvalue weighted by Crippen LogP contribution is 2.16. The van der Waals surface area contributed by atoms with Crippen LogP contribution >= 0.6 is 11.6 Å². The van der Waals surface area contributed by atoms with Gasteiger partial charge in [0.15, 0.2) is 0 Å². The fourth-order valence-corrected chi connectivity index (χ4v) is 1.30. The number of rotatable bonds is 3. The zero-order valence-electron chi connectivity index (χ0n) is 7.26. The molecule has 0 aliphatic rings. The molecule has 1 rings (SSSR count). The summed E-state index contributed by atoms with van der Waals surface area (Å²) in [5.74, 6) is 0. The van der Waals surface area contributed by atoms with Crippen molar-refractivity contribution in [1.82, 2.24) is 0 Å². The van der Waals surface area contributed by atoms with E-state index in [0.717, 1.165) is 23.4 Å². The smallest absolute Gasteiger partial charge is 0.0438 e. The van der Waals surface area contributed by atoms with Gasteiger partial charge in [-0.2, -0.15) is 0 Å². The van der Waals surface area contributed by atoms with Crippen LogP contribution in [0.4, 0.5) is 0 Å². The Hall–Kier alpha value is -0.530. The number of hydrogen-bond acceptors (Lipinski definition) is 1. The van der Waals surface area contributed by atoms with E-state index >= 15 is 0 Å². The van der Waals surface area contributed by atoms with Crippen molar-refractivity contribution >= 4 is 11.6 Å². The second-order valence-electron chi connectivity index (χ2n) is 2.96. The highest BCUT2D eigenvalue weighted by molar-refractivity contribution is 6.31. The largest absolute Gasteiger partial charge is 0.327 e.